The summed E-state index contributed by atoms with van der Waals surface area (Å²) in [5.41, 5.74) is 3.62. The zero-order valence-corrected chi connectivity index (χ0v) is 17.1. The lowest BCUT2D eigenvalue weighted by molar-refractivity contribution is 0.0737. The highest BCUT2D eigenvalue weighted by Gasteiger charge is 2.26. The Morgan fingerprint density at radius 1 is 1.00 bits per heavy atom. The van der Waals surface area contributed by atoms with Gasteiger partial charge in [-0.25, -0.2) is 4.98 Å². The van der Waals surface area contributed by atoms with Gasteiger partial charge in [-0.2, -0.15) is 0 Å². The van der Waals surface area contributed by atoms with Gasteiger partial charge >= 0.3 is 0 Å². The molecule has 0 aliphatic carbocycles. The lowest BCUT2D eigenvalue weighted by Gasteiger charge is -2.36. The monoisotopic (exact) mass is 401 g/mol. The molecule has 1 amide bonds. The molecule has 4 aromatic rings. The molecule has 1 saturated heterocycles. The van der Waals surface area contributed by atoms with Crippen molar-refractivity contribution in [1.82, 2.24) is 18.9 Å². The molecule has 0 radical (unpaired) electrons. The van der Waals surface area contributed by atoms with E-state index >= 15 is 0 Å². The molecule has 0 unspecified atom stereocenters. The van der Waals surface area contributed by atoms with Crippen LogP contribution in [0.4, 0.5) is 5.69 Å². The Labute approximate surface area is 173 Å². The van der Waals surface area contributed by atoms with Crippen molar-refractivity contribution < 1.29 is 4.79 Å². The number of pyridine rings is 1. The Morgan fingerprint density at radius 3 is 2.47 bits per heavy atom. The van der Waals surface area contributed by atoms with Gasteiger partial charge in [-0.1, -0.05) is 24.3 Å². The average Bonchev–Trinajstić information content (AvgIpc) is 3.11. The van der Waals surface area contributed by atoms with Crippen molar-refractivity contribution >= 4 is 28.3 Å². The van der Waals surface area contributed by atoms with Crippen LogP contribution in [0.3, 0.4) is 0 Å². The van der Waals surface area contributed by atoms with E-state index in [1.165, 1.54) is 5.69 Å². The fourth-order valence-electron chi connectivity index (χ4n) is 4.15. The molecule has 1 aliphatic heterocycles. The van der Waals surface area contributed by atoms with Crippen LogP contribution >= 0.6 is 0 Å². The summed E-state index contributed by atoms with van der Waals surface area (Å²) in [5, 5.41) is 0.465. The van der Waals surface area contributed by atoms with E-state index in [9.17, 15) is 9.59 Å². The Balaban J connectivity index is 1.45. The van der Waals surface area contributed by atoms with Gasteiger partial charge in [0.1, 0.15) is 17.0 Å². The second kappa shape index (κ2) is 7.02. The highest BCUT2D eigenvalue weighted by molar-refractivity contribution is 5.98. The zero-order valence-electron chi connectivity index (χ0n) is 17.1. The van der Waals surface area contributed by atoms with Crippen molar-refractivity contribution in [1.29, 1.82) is 0 Å². The largest absolute Gasteiger partial charge is 0.368 e. The van der Waals surface area contributed by atoms with E-state index in [-0.39, 0.29) is 11.5 Å². The fourth-order valence-corrected chi connectivity index (χ4v) is 4.15. The normalized spacial score (nSPS) is 14.6. The minimum Gasteiger partial charge on any atom is -0.368 e. The van der Waals surface area contributed by atoms with Gasteiger partial charge in [0.2, 0.25) is 0 Å². The lowest BCUT2D eigenvalue weighted by Crippen LogP contribution is -2.49. The number of nitrogens with zero attached hydrogens (tertiary/aromatic N) is 5. The number of aromatic nitrogens is 3. The first-order valence-corrected chi connectivity index (χ1v) is 10.1. The van der Waals surface area contributed by atoms with E-state index in [1.807, 2.05) is 42.2 Å². The molecule has 7 heteroatoms. The number of piperazine rings is 1. The van der Waals surface area contributed by atoms with Crippen LogP contribution in [0.1, 0.15) is 16.1 Å². The smallest absolute Gasteiger partial charge is 0.270 e. The quantitative estimate of drug-likeness (QED) is 0.518. The number of amides is 1. The van der Waals surface area contributed by atoms with Crippen LogP contribution in [0.5, 0.6) is 0 Å². The molecule has 4 heterocycles. The third kappa shape index (κ3) is 2.94. The molecule has 152 valence electrons. The highest BCUT2D eigenvalue weighted by atomic mass is 16.2. The maximum absolute atomic E-state index is 13.2. The standard InChI is InChI=1S/C23H23N5O2/c1-16-8-9-20-24-21-18(22(29)28(20)15-16)14-19(25(21)2)23(30)27-12-10-26(11-13-27)17-6-4-3-5-7-17/h3-9,14-15H,10-13H2,1-2H3. The van der Waals surface area contributed by atoms with Gasteiger partial charge in [0.15, 0.2) is 0 Å². The molecule has 1 aromatic carbocycles. The van der Waals surface area contributed by atoms with E-state index in [2.05, 4.69) is 22.0 Å². The maximum atomic E-state index is 13.2. The number of para-hydroxylation sites is 1. The minimum atomic E-state index is -0.151. The summed E-state index contributed by atoms with van der Waals surface area (Å²) in [6.45, 7) is 4.78. The molecule has 1 fully saturated rings. The molecule has 0 bridgehead atoms. The van der Waals surface area contributed by atoms with Crippen molar-refractivity contribution in [3.05, 3.63) is 76.3 Å². The molecule has 0 atom stereocenters. The lowest BCUT2D eigenvalue weighted by atomic mass is 10.2. The van der Waals surface area contributed by atoms with Crippen molar-refractivity contribution in [3.8, 4) is 0 Å². The Hall–Kier alpha value is -3.61. The first kappa shape index (κ1) is 18.4. The summed E-state index contributed by atoms with van der Waals surface area (Å²) in [4.78, 5) is 35.0. The van der Waals surface area contributed by atoms with Gasteiger partial charge in [0.25, 0.3) is 11.5 Å². The first-order valence-electron chi connectivity index (χ1n) is 10.1. The Kier molecular flexibility index (Phi) is 4.31. The number of hydrogen-bond donors (Lipinski definition) is 0. The van der Waals surface area contributed by atoms with E-state index in [1.54, 1.807) is 28.3 Å². The van der Waals surface area contributed by atoms with Crippen LogP contribution in [0.25, 0.3) is 16.7 Å². The second-order valence-corrected chi connectivity index (χ2v) is 7.79. The third-order valence-electron chi connectivity index (χ3n) is 5.85. The van der Waals surface area contributed by atoms with Crippen molar-refractivity contribution in [2.24, 2.45) is 7.05 Å². The number of anilines is 1. The van der Waals surface area contributed by atoms with Crippen molar-refractivity contribution in [3.63, 3.8) is 0 Å². The average molecular weight is 401 g/mol. The molecule has 7 nitrogen and oxygen atoms in total. The molecule has 5 rings (SSSR count). The number of aryl methyl sites for hydroxylation is 2. The fraction of sp³-hybridized carbons (Fsp3) is 0.261. The number of carbonyl (C=O) groups is 1. The minimum absolute atomic E-state index is 0.0622. The van der Waals surface area contributed by atoms with Crippen LogP contribution < -0.4 is 10.5 Å². The molecular formula is C23H23N5O2. The third-order valence-corrected chi connectivity index (χ3v) is 5.85. The van der Waals surface area contributed by atoms with E-state index in [0.29, 0.717) is 35.5 Å². The Bertz CT molecular complexity index is 1310. The molecule has 0 spiro atoms. The predicted molar refractivity (Wildman–Crippen MR) is 117 cm³/mol. The predicted octanol–water partition coefficient (Wildman–Crippen LogP) is 2.46. The molecule has 0 N–H and O–H groups in total. The zero-order chi connectivity index (χ0) is 20.8. The van der Waals surface area contributed by atoms with E-state index in [0.717, 1.165) is 18.7 Å². The topological polar surface area (TPSA) is 62.9 Å². The second-order valence-electron chi connectivity index (χ2n) is 7.79. The first-order chi connectivity index (χ1) is 14.5. The van der Waals surface area contributed by atoms with Crippen LogP contribution in [0.2, 0.25) is 0 Å². The summed E-state index contributed by atoms with van der Waals surface area (Å²) in [6, 6.07) is 15.7. The SMILES string of the molecule is Cc1ccc2nc3c(cc(C(=O)N4CCN(c5ccccc5)CC4)n3C)c(=O)n2c1. The van der Waals surface area contributed by atoms with Crippen molar-refractivity contribution in [2.45, 2.75) is 6.92 Å². The molecule has 3 aromatic heterocycles. The van der Waals surface area contributed by atoms with Gasteiger partial charge in [-0.3, -0.25) is 14.0 Å². The van der Waals surface area contributed by atoms with Crippen LogP contribution in [-0.2, 0) is 7.05 Å². The number of fused-ring (bicyclic) bond motifs is 2. The van der Waals surface area contributed by atoms with Crippen LogP contribution in [-0.4, -0.2) is 50.9 Å². The van der Waals surface area contributed by atoms with Gasteiger partial charge < -0.3 is 14.4 Å². The summed E-state index contributed by atoms with van der Waals surface area (Å²) < 4.78 is 3.28. The molecule has 30 heavy (non-hydrogen) atoms. The van der Waals surface area contributed by atoms with Crippen LogP contribution in [0, 0.1) is 6.92 Å². The van der Waals surface area contributed by atoms with Crippen LogP contribution in [0.15, 0.2) is 59.5 Å². The Morgan fingerprint density at radius 2 is 1.73 bits per heavy atom. The van der Waals surface area contributed by atoms with Crippen molar-refractivity contribution in [2.75, 3.05) is 31.1 Å². The van der Waals surface area contributed by atoms with Gasteiger partial charge in [-0.05, 0) is 36.8 Å². The number of benzene rings is 1. The van der Waals surface area contributed by atoms with Gasteiger partial charge in [0.05, 0.1) is 5.39 Å². The summed E-state index contributed by atoms with van der Waals surface area (Å²) >= 11 is 0. The number of hydrogen-bond acceptors (Lipinski definition) is 4. The van der Waals surface area contributed by atoms with Gasteiger partial charge in [0, 0.05) is 45.1 Å². The number of carbonyl (C=O) groups excluding carboxylic acids is 1. The summed E-state index contributed by atoms with van der Waals surface area (Å²) in [6.07, 6.45) is 1.78. The summed E-state index contributed by atoms with van der Waals surface area (Å²) in [7, 11) is 1.80. The molecule has 1 aliphatic rings. The summed E-state index contributed by atoms with van der Waals surface area (Å²) in [5.74, 6) is -0.0622. The highest BCUT2D eigenvalue weighted by Crippen LogP contribution is 2.20. The van der Waals surface area contributed by atoms with E-state index in [4.69, 9.17) is 0 Å². The maximum Gasteiger partial charge on any atom is 0.270 e. The van der Waals surface area contributed by atoms with E-state index < -0.39 is 0 Å². The number of rotatable bonds is 2. The molecule has 0 saturated carbocycles. The molecular weight excluding hydrogens is 378 g/mol. The van der Waals surface area contributed by atoms with Gasteiger partial charge in [-0.15, -0.1) is 0 Å².